The van der Waals surface area contributed by atoms with Gasteiger partial charge >= 0.3 is 0 Å². The molecule has 0 saturated carbocycles. The molecule has 0 saturated heterocycles. The fourth-order valence-electron chi connectivity index (χ4n) is 3.15. The molecule has 0 spiro atoms. The standard InChI is InChI=1S/C21H20N2O3/c1-4-23(13-15-9-11-16(26-3)12-10-15)20-14(2)19(22-25)17-7-5-6-8-18(17)21(20)24/h4-12,24H,1,13H2,2-3H3. The van der Waals surface area contributed by atoms with Crippen molar-refractivity contribution in [1.82, 2.24) is 0 Å². The summed E-state index contributed by atoms with van der Waals surface area (Å²) in [6.45, 7) is 6.13. The highest BCUT2D eigenvalue weighted by Crippen LogP contribution is 2.45. The first-order valence-corrected chi connectivity index (χ1v) is 8.20. The van der Waals surface area contributed by atoms with Crippen LogP contribution in [0.25, 0.3) is 10.8 Å². The lowest BCUT2D eigenvalue weighted by Crippen LogP contribution is -2.16. The molecule has 0 amide bonds. The van der Waals surface area contributed by atoms with Crippen LogP contribution in [0.3, 0.4) is 0 Å². The van der Waals surface area contributed by atoms with E-state index in [1.165, 1.54) is 0 Å². The largest absolute Gasteiger partial charge is 0.505 e. The second-order valence-corrected chi connectivity index (χ2v) is 5.97. The van der Waals surface area contributed by atoms with Crippen LogP contribution < -0.4 is 9.64 Å². The van der Waals surface area contributed by atoms with Gasteiger partial charge in [-0.25, -0.2) is 0 Å². The average molecular weight is 348 g/mol. The maximum atomic E-state index is 11.5. The van der Waals surface area contributed by atoms with Gasteiger partial charge in [0.25, 0.3) is 0 Å². The van der Waals surface area contributed by atoms with E-state index in [1.54, 1.807) is 32.4 Å². The Hall–Kier alpha value is -3.34. The Morgan fingerprint density at radius 1 is 1.15 bits per heavy atom. The van der Waals surface area contributed by atoms with Gasteiger partial charge in [0.05, 0.1) is 12.8 Å². The van der Waals surface area contributed by atoms with Crippen molar-refractivity contribution in [2.24, 2.45) is 5.18 Å². The molecule has 3 rings (SSSR count). The number of fused-ring (bicyclic) bond motifs is 1. The SMILES string of the molecule is C=CN(Cc1ccc(OC)cc1)c1c(C)c(N=O)c2ccccc2c1O. The van der Waals surface area contributed by atoms with Crippen LogP contribution in [0.5, 0.6) is 11.5 Å². The monoisotopic (exact) mass is 348 g/mol. The quantitative estimate of drug-likeness (QED) is 0.605. The smallest absolute Gasteiger partial charge is 0.147 e. The number of anilines is 1. The van der Waals surface area contributed by atoms with Crippen molar-refractivity contribution in [3.8, 4) is 11.5 Å². The first kappa shape index (κ1) is 17.5. The number of rotatable bonds is 6. The minimum absolute atomic E-state index is 0.110. The molecular formula is C21H20N2O3. The average Bonchev–Trinajstić information content (AvgIpc) is 2.68. The highest BCUT2D eigenvalue weighted by atomic mass is 16.5. The summed E-state index contributed by atoms with van der Waals surface area (Å²) in [6, 6.07) is 14.8. The van der Waals surface area contributed by atoms with Crippen LogP contribution in [0.1, 0.15) is 11.1 Å². The van der Waals surface area contributed by atoms with Gasteiger partial charge in [-0.1, -0.05) is 43.0 Å². The van der Waals surface area contributed by atoms with Crippen molar-refractivity contribution in [2.75, 3.05) is 12.0 Å². The number of methoxy groups -OCH3 is 1. The van der Waals surface area contributed by atoms with Crippen molar-refractivity contribution in [1.29, 1.82) is 0 Å². The van der Waals surface area contributed by atoms with E-state index >= 15 is 0 Å². The normalized spacial score (nSPS) is 10.5. The Balaban J connectivity index is 2.11. The lowest BCUT2D eigenvalue weighted by molar-refractivity contribution is 0.414. The molecular weight excluding hydrogens is 328 g/mol. The Labute approximate surface area is 152 Å². The molecule has 132 valence electrons. The molecule has 1 N–H and O–H groups in total. The molecule has 0 atom stereocenters. The summed E-state index contributed by atoms with van der Waals surface area (Å²) in [6.07, 6.45) is 1.63. The molecule has 5 nitrogen and oxygen atoms in total. The summed E-state index contributed by atoms with van der Waals surface area (Å²) in [5.41, 5.74) is 2.49. The van der Waals surface area contributed by atoms with Crippen LogP contribution in [0.2, 0.25) is 0 Å². The topological polar surface area (TPSA) is 62.1 Å². The molecule has 0 heterocycles. The minimum Gasteiger partial charge on any atom is -0.505 e. The molecule has 0 aliphatic carbocycles. The Morgan fingerprint density at radius 2 is 1.81 bits per heavy atom. The zero-order valence-electron chi connectivity index (χ0n) is 14.8. The molecule has 0 fully saturated rings. The van der Waals surface area contributed by atoms with Crippen molar-refractivity contribution in [3.63, 3.8) is 0 Å². The summed E-state index contributed by atoms with van der Waals surface area (Å²) < 4.78 is 5.18. The molecule has 0 aliphatic heterocycles. The zero-order chi connectivity index (χ0) is 18.7. The second-order valence-electron chi connectivity index (χ2n) is 5.97. The fraction of sp³-hybridized carbons (Fsp3) is 0.143. The maximum absolute atomic E-state index is 11.5. The molecule has 0 aliphatic rings. The number of aromatic hydroxyl groups is 1. The van der Waals surface area contributed by atoms with Crippen molar-refractivity contribution < 1.29 is 9.84 Å². The third kappa shape index (κ3) is 2.99. The molecule has 0 unspecified atom stereocenters. The molecule has 3 aromatic rings. The summed E-state index contributed by atoms with van der Waals surface area (Å²) in [4.78, 5) is 13.3. The Bertz CT molecular complexity index is 965. The van der Waals surface area contributed by atoms with E-state index in [9.17, 15) is 10.0 Å². The van der Waals surface area contributed by atoms with E-state index < -0.39 is 0 Å². The molecule has 5 heteroatoms. The van der Waals surface area contributed by atoms with Gasteiger partial charge < -0.3 is 14.7 Å². The Morgan fingerprint density at radius 3 is 2.38 bits per heavy atom. The van der Waals surface area contributed by atoms with Crippen molar-refractivity contribution in [2.45, 2.75) is 13.5 Å². The van der Waals surface area contributed by atoms with Crippen LogP contribution >= 0.6 is 0 Å². The van der Waals surface area contributed by atoms with Gasteiger partial charge in [0.1, 0.15) is 17.2 Å². The number of hydrogen-bond acceptors (Lipinski definition) is 5. The third-order valence-electron chi connectivity index (χ3n) is 4.48. The highest BCUT2D eigenvalue weighted by Gasteiger charge is 2.20. The molecule has 0 aromatic heterocycles. The predicted molar refractivity (Wildman–Crippen MR) is 105 cm³/mol. The number of phenolic OH excluding ortho intramolecular Hbond substituents is 1. The van der Waals surface area contributed by atoms with Crippen LogP contribution in [-0.4, -0.2) is 12.2 Å². The van der Waals surface area contributed by atoms with E-state index in [4.69, 9.17) is 4.74 Å². The zero-order valence-corrected chi connectivity index (χ0v) is 14.8. The van der Waals surface area contributed by atoms with Crippen molar-refractivity contribution in [3.05, 3.63) is 77.3 Å². The second kappa shape index (κ2) is 7.27. The summed E-state index contributed by atoms with van der Waals surface area (Å²) in [5, 5.41) is 15.3. The lowest BCUT2D eigenvalue weighted by atomic mass is 10.0. The number of nitroso groups, excluding NO2 is 1. The van der Waals surface area contributed by atoms with Gasteiger partial charge in [-0.15, -0.1) is 4.91 Å². The summed E-state index contributed by atoms with van der Waals surface area (Å²) >= 11 is 0. The number of ether oxygens (including phenoxy) is 1. The first-order valence-electron chi connectivity index (χ1n) is 8.20. The van der Waals surface area contributed by atoms with Gasteiger partial charge in [0.15, 0.2) is 0 Å². The fourth-order valence-corrected chi connectivity index (χ4v) is 3.15. The molecule has 0 radical (unpaired) electrons. The minimum atomic E-state index is 0.110. The van der Waals surface area contributed by atoms with Gasteiger partial charge in [0.2, 0.25) is 0 Å². The number of phenols is 1. The third-order valence-corrected chi connectivity index (χ3v) is 4.48. The molecule has 3 aromatic carbocycles. The molecule has 26 heavy (non-hydrogen) atoms. The maximum Gasteiger partial charge on any atom is 0.147 e. The van der Waals surface area contributed by atoms with Crippen molar-refractivity contribution >= 4 is 22.1 Å². The number of benzene rings is 3. The molecule has 0 bridgehead atoms. The number of nitrogens with zero attached hydrogens (tertiary/aromatic N) is 2. The van der Waals surface area contributed by atoms with E-state index in [0.29, 0.717) is 34.3 Å². The first-order chi connectivity index (χ1) is 12.6. The predicted octanol–water partition coefficient (Wildman–Crippen LogP) is 5.41. The van der Waals surface area contributed by atoms with Crippen LogP contribution in [0.15, 0.2) is 66.5 Å². The summed E-state index contributed by atoms with van der Waals surface area (Å²) in [7, 11) is 1.62. The van der Waals surface area contributed by atoms with Crippen LogP contribution in [0, 0.1) is 11.8 Å². The summed E-state index contributed by atoms with van der Waals surface area (Å²) in [5.74, 6) is 0.884. The van der Waals surface area contributed by atoms with E-state index in [2.05, 4.69) is 11.8 Å². The van der Waals surface area contributed by atoms with Gasteiger partial charge in [-0.05, 0) is 36.0 Å². The van der Waals surface area contributed by atoms with E-state index in [1.807, 2.05) is 41.3 Å². The van der Waals surface area contributed by atoms with Crippen LogP contribution in [-0.2, 0) is 6.54 Å². The van der Waals surface area contributed by atoms with Gasteiger partial charge in [0, 0.05) is 22.9 Å². The lowest BCUT2D eigenvalue weighted by Gasteiger charge is -2.25. The Kier molecular flexibility index (Phi) is 4.89. The van der Waals surface area contributed by atoms with Gasteiger partial charge in [-0.2, -0.15) is 0 Å². The van der Waals surface area contributed by atoms with E-state index in [-0.39, 0.29) is 5.75 Å². The van der Waals surface area contributed by atoms with Gasteiger partial charge in [-0.3, -0.25) is 0 Å². The highest BCUT2D eigenvalue weighted by molar-refractivity contribution is 6.03. The van der Waals surface area contributed by atoms with Crippen LogP contribution in [0.4, 0.5) is 11.4 Å². The van der Waals surface area contributed by atoms with E-state index in [0.717, 1.165) is 11.3 Å². The number of hydrogen-bond donors (Lipinski definition) is 1.